The second-order valence-corrected chi connectivity index (χ2v) is 0.944. The highest BCUT2D eigenvalue weighted by Crippen LogP contribution is 1.46. The number of nitrogens with one attached hydrogen (secondary N) is 2. The molecule has 0 unspecified atom stereocenters. The van der Waals surface area contributed by atoms with Crippen molar-refractivity contribution in [1.82, 2.24) is 5.32 Å². The van der Waals surface area contributed by atoms with E-state index in [9.17, 15) is 0 Å². The van der Waals surface area contributed by atoms with E-state index in [1.165, 1.54) is 0 Å². The zero-order valence-corrected chi connectivity index (χ0v) is 5.01. The molecule has 4 N–H and O–H groups in total. The summed E-state index contributed by atoms with van der Waals surface area (Å²) < 4.78 is 0. The van der Waals surface area contributed by atoms with Crippen LogP contribution in [0.2, 0.25) is 0 Å². The van der Waals surface area contributed by atoms with Gasteiger partial charge < -0.3 is 11.1 Å². The first-order chi connectivity index (χ1) is 2.77. The maximum Gasteiger partial charge on any atom is 0.185 e. The minimum Gasteiger partial charge on any atom is -0.370 e. The second kappa shape index (κ2) is 5.56. The van der Waals surface area contributed by atoms with Gasteiger partial charge in [0.2, 0.25) is 0 Å². The molecular weight excluding hydrogens is 114 g/mol. The highest BCUT2D eigenvalue weighted by Gasteiger charge is 1.73. The highest BCUT2D eigenvalue weighted by molar-refractivity contribution is 5.85. The molecule has 4 heteroatoms. The summed E-state index contributed by atoms with van der Waals surface area (Å²) in [5, 5.41) is 9.13. The van der Waals surface area contributed by atoms with Crippen molar-refractivity contribution in [3.05, 3.63) is 0 Å². The lowest BCUT2D eigenvalue weighted by Crippen LogP contribution is -2.29. The van der Waals surface area contributed by atoms with Crippen LogP contribution in [0.3, 0.4) is 0 Å². The summed E-state index contributed by atoms with van der Waals surface area (Å²) in [6.07, 6.45) is 0. The summed E-state index contributed by atoms with van der Waals surface area (Å²) in [4.78, 5) is 0. The molecule has 0 radical (unpaired) electrons. The van der Waals surface area contributed by atoms with Gasteiger partial charge in [0.05, 0.1) is 0 Å². The summed E-state index contributed by atoms with van der Waals surface area (Å²) in [6, 6.07) is 0. The zero-order valence-electron chi connectivity index (χ0n) is 4.19. The van der Waals surface area contributed by atoms with E-state index >= 15 is 0 Å². The molecule has 0 spiro atoms. The third-order valence-corrected chi connectivity index (χ3v) is 0.367. The van der Waals surface area contributed by atoms with E-state index < -0.39 is 0 Å². The Morgan fingerprint density at radius 2 is 2.29 bits per heavy atom. The van der Waals surface area contributed by atoms with Crippen LogP contribution in [0.5, 0.6) is 0 Å². The van der Waals surface area contributed by atoms with Crippen molar-refractivity contribution in [1.29, 1.82) is 5.41 Å². The Balaban J connectivity index is 0. The van der Waals surface area contributed by atoms with Crippen LogP contribution < -0.4 is 11.1 Å². The molecule has 0 aromatic heterocycles. The Kier molecular flexibility index (Phi) is 7.75. The minimum absolute atomic E-state index is 0. The zero-order chi connectivity index (χ0) is 4.99. The van der Waals surface area contributed by atoms with Crippen molar-refractivity contribution < 1.29 is 0 Å². The number of guanidine groups is 1. The van der Waals surface area contributed by atoms with Gasteiger partial charge in [-0.15, -0.1) is 12.4 Å². The average Bonchev–Trinajstić information content (AvgIpc) is 1.35. The number of rotatable bonds is 1. The Morgan fingerprint density at radius 3 is 2.29 bits per heavy atom. The normalized spacial score (nSPS) is 6.43. The maximum atomic E-state index is 6.56. The van der Waals surface area contributed by atoms with Gasteiger partial charge >= 0.3 is 0 Å². The van der Waals surface area contributed by atoms with Gasteiger partial charge in [-0.1, -0.05) is 0 Å². The number of nitrogens with two attached hydrogens (primary N) is 1. The fourth-order valence-corrected chi connectivity index (χ4v) is 0.190. The van der Waals surface area contributed by atoms with E-state index in [-0.39, 0.29) is 18.4 Å². The molecule has 0 aliphatic rings. The molecule has 0 aromatic carbocycles. The summed E-state index contributed by atoms with van der Waals surface area (Å²) in [7, 11) is 0. The predicted octanol–water partition coefficient (Wildman–Crippen LogP) is -0.0888. The fourth-order valence-electron chi connectivity index (χ4n) is 0.190. The summed E-state index contributed by atoms with van der Waals surface area (Å²) in [5.41, 5.74) is 4.88. The van der Waals surface area contributed by atoms with Crippen molar-refractivity contribution in [2.75, 3.05) is 6.54 Å². The summed E-state index contributed by atoms with van der Waals surface area (Å²) in [6.45, 7) is 2.62. The number of halogens is 1. The van der Waals surface area contributed by atoms with E-state index in [2.05, 4.69) is 5.32 Å². The van der Waals surface area contributed by atoms with Gasteiger partial charge in [0.15, 0.2) is 5.96 Å². The van der Waals surface area contributed by atoms with Crippen molar-refractivity contribution in [3.8, 4) is 0 Å². The molecule has 0 atom stereocenters. The molecule has 0 fully saturated rings. The first kappa shape index (κ1) is 9.75. The first-order valence-electron chi connectivity index (χ1n) is 1.85. The predicted molar refractivity (Wildman–Crippen MR) is 32.8 cm³/mol. The Morgan fingerprint density at radius 1 is 1.86 bits per heavy atom. The van der Waals surface area contributed by atoms with E-state index in [0.29, 0.717) is 0 Å². The molecule has 0 aliphatic carbocycles. The standard InChI is InChI=1S/C3H9N3.ClH/c1-2-6-3(4)5;/h2H2,1H3,(H4,4,5,6);1H. The van der Waals surface area contributed by atoms with E-state index in [4.69, 9.17) is 11.1 Å². The highest BCUT2D eigenvalue weighted by atomic mass is 35.5. The average molecular weight is 124 g/mol. The Labute approximate surface area is 49.2 Å². The molecule has 0 rings (SSSR count). The lowest BCUT2D eigenvalue weighted by atomic mass is 10.7. The molecular formula is C3H10ClN3. The number of hydrogen-bond donors (Lipinski definition) is 3. The van der Waals surface area contributed by atoms with Crippen LogP contribution in [-0.2, 0) is 0 Å². The molecule has 0 heterocycles. The molecule has 3 nitrogen and oxygen atoms in total. The third kappa shape index (κ3) is 10.8. The van der Waals surface area contributed by atoms with Crippen molar-refractivity contribution in [3.63, 3.8) is 0 Å². The lowest BCUT2D eigenvalue weighted by Gasteiger charge is -1.92. The Bertz CT molecular complexity index is 54.1. The number of hydrogen-bond acceptors (Lipinski definition) is 1. The maximum absolute atomic E-state index is 6.56. The van der Waals surface area contributed by atoms with Crippen LogP contribution in [0.1, 0.15) is 6.92 Å². The lowest BCUT2D eigenvalue weighted by molar-refractivity contribution is 0.945. The van der Waals surface area contributed by atoms with Crippen molar-refractivity contribution in [2.24, 2.45) is 5.73 Å². The molecule has 0 saturated carbocycles. The molecule has 0 aliphatic heterocycles. The minimum atomic E-state index is 0. The van der Waals surface area contributed by atoms with Crippen LogP contribution >= 0.6 is 12.4 Å². The SMILES string of the molecule is CCNC(=N)N.Cl. The monoisotopic (exact) mass is 123 g/mol. The van der Waals surface area contributed by atoms with Crippen molar-refractivity contribution in [2.45, 2.75) is 6.92 Å². The van der Waals surface area contributed by atoms with Crippen LogP contribution in [0.4, 0.5) is 0 Å². The second-order valence-electron chi connectivity index (χ2n) is 0.944. The van der Waals surface area contributed by atoms with Crippen LogP contribution in [0.15, 0.2) is 0 Å². The molecule has 0 saturated heterocycles. The van der Waals surface area contributed by atoms with Crippen LogP contribution in [0, 0.1) is 5.41 Å². The first-order valence-corrected chi connectivity index (χ1v) is 1.85. The van der Waals surface area contributed by atoms with Gasteiger partial charge in [-0.25, -0.2) is 0 Å². The van der Waals surface area contributed by atoms with Crippen LogP contribution in [-0.4, -0.2) is 12.5 Å². The van der Waals surface area contributed by atoms with Gasteiger partial charge in [0.25, 0.3) is 0 Å². The molecule has 7 heavy (non-hydrogen) atoms. The van der Waals surface area contributed by atoms with Crippen LogP contribution in [0.25, 0.3) is 0 Å². The van der Waals surface area contributed by atoms with E-state index in [1.54, 1.807) is 0 Å². The van der Waals surface area contributed by atoms with Gasteiger partial charge in [-0.05, 0) is 6.92 Å². The summed E-state index contributed by atoms with van der Waals surface area (Å²) in [5.74, 6) is 0.0394. The molecule has 0 amide bonds. The van der Waals surface area contributed by atoms with Crippen molar-refractivity contribution >= 4 is 18.4 Å². The van der Waals surface area contributed by atoms with Gasteiger partial charge in [0.1, 0.15) is 0 Å². The van der Waals surface area contributed by atoms with Gasteiger partial charge in [-0.2, -0.15) is 0 Å². The molecule has 44 valence electrons. The smallest absolute Gasteiger partial charge is 0.185 e. The van der Waals surface area contributed by atoms with Gasteiger partial charge in [0, 0.05) is 6.54 Å². The largest absolute Gasteiger partial charge is 0.370 e. The van der Waals surface area contributed by atoms with Gasteiger partial charge in [-0.3, -0.25) is 5.41 Å². The quantitative estimate of drug-likeness (QED) is 0.337. The fraction of sp³-hybridized carbons (Fsp3) is 0.667. The van der Waals surface area contributed by atoms with E-state index in [1.807, 2.05) is 6.92 Å². The van der Waals surface area contributed by atoms with E-state index in [0.717, 1.165) is 6.54 Å². The summed E-state index contributed by atoms with van der Waals surface area (Å²) >= 11 is 0. The molecule has 0 bridgehead atoms. The molecule has 0 aromatic rings. The Hall–Kier alpha value is -0.440. The topological polar surface area (TPSA) is 61.9 Å². The third-order valence-electron chi connectivity index (χ3n) is 0.367.